The van der Waals surface area contributed by atoms with Crippen molar-refractivity contribution in [2.75, 3.05) is 19.6 Å². The number of hydrogen-bond acceptors (Lipinski definition) is 2. The number of ether oxygens (including phenoxy) is 1. The number of hydrogen-bond donors (Lipinski definition) is 0. The molecule has 0 N–H and O–H groups in total. The molecule has 2 aliphatic heterocycles. The molecule has 7 heteroatoms. The van der Waals surface area contributed by atoms with Crippen LogP contribution in [0.2, 0.25) is 0 Å². The first-order valence-corrected chi connectivity index (χ1v) is 4.11. The fraction of sp³-hybridized carbons (Fsp3) is 1.00. The molecule has 2 rings (SSSR count). The van der Waals surface area contributed by atoms with Crippen LogP contribution >= 0.6 is 0 Å². The van der Waals surface area contributed by atoms with E-state index in [-0.39, 0.29) is 63.5 Å². The molecular weight excluding hydrogens is 209 g/mol. The summed E-state index contributed by atoms with van der Waals surface area (Å²) in [5.74, 6) is 0. The molecule has 2 nitrogen and oxygen atoms in total. The summed E-state index contributed by atoms with van der Waals surface area (Å²) in [7, 11) is 0. The molecule has 70 valence electrons. The van der Waals surface area contributed by atoms with Crippen LogP contribution in [0.1, 0.15) is 6.42 Å². The Balaban J connectivity index is 0.000000845. The SMILES string of the molecule is F[B-](F)(F)CN1CC2CC1CO2.[K+]. The summed E-state index contributed by atoms with van der Waals surface area (Å²) >= 11 is 0. The molecule has 0 spiro atoms. The van der Waals surface area contributed by atoms with Gasteiger partial charge in [0.1, 0.15) is 0 Å². The topological polar surface area (TPSA) is 12.5 Å². The first-order valence-electron chi connectivity index (χ1n) is 4.11. The van der Waals surface area contributed by atoms with Gasteiger partial charge in [-0.3, -0.25) is 0 Å². The average Bonchev–Trinajstić information content (AvgIpc) is 2.42. The quantitative estimate of drug-likeness (QED) is 0.491. The molecule has 2 aliphatic rings. The summed E-state index contributed by atoms with van der Waals surface area (Å²) in [6.45, 7) is -3.71. The maximum atomic E-state index is 12.0. The molecular formula is C6H10BF3KNO. The number of morpholine rings is 1. The Bertz CT molecular complexity index is 191. The summed E-state index contributed by atoms with van der Waals surface area (Å²) in [6.07, 6.45) is 0.129. The van der Waals surface area contributed by atoms with Crippen molar-refractivity contribution in [2.45, 2.75) is 18.6 Å². The number of nitrogens with zero attached hydrogens (tertiary/aromatic N) is 1. The van der Waals surface area contributed by atoms with E-state index in [1.165, 1.54) is 4.90 Å². The zero-order valence-electron chi connectivity index (χ0n) is 7.55. The fourth-order valence-electron chi connectivity index (χ4n) is 1.97. The van der Waals surface area contributed by atoms with Gasteiger partial charge in [0, 0.05) is 12.6 Å². The molecule has 2 atom stereocenters. The zero-order valence-corrected chi connectivity index (χ0v) is 10.7. The van der Waals surface area contributed by atoms with E-state index in [9.17, 15) is 12.9 Å². The minimum absolute atomic E-state index is 0. The molecule has 13 heavy (non-hydrogen) atoms. The molecule has 0 aromatic carbocycles. The first-order chi connectivity index (χ1) is 5.54. The second kappa shape index (κ2) is 4.51. The third-order valence-corrected chi connectivity index (χ3v) is 2.46. The molecule has 0 amide bonds. The van der Waals surface area contributed by atoms with Crippen molar-refractivity contribution in [3.05, 3.63) is 0 Å². The van der Waals surface area contributed by atoms with Crippen LogP contribution in [0.5, 0.6) is 0 Å². The third kappa shape index (κ3) is 3.19. The fourth-order valence-corrected chi connectivity index (χ4v) is 1.97. The van der Waals surface area contributed by atoms with Crippen LogP contribution in [-0.2, 0) is 4.74 Å². The van der Waals surface area contributed by atoms with Crippen molar-refractivity contribution >= 4 is 6.98 Å². The van der Waals surface area contributed by atoms with Gasteiger partial charge in [-0.15, -0.1) is 0 Å². The van der Waals surface area contributed by atoms with Gasteiger partial charge in [0.2, 0.25) is 0 Å². The van der Waals surface area contributed by atoms with E-state index in [2.05, 4.69) is 0 Å². The number of rotatable bonds is 2. The Morgan fingerprint density at radius 1 is 1.38 bits per heavy atom. The van der Waals surface area contributed by atoms with Gasteiger partial charge >= 0.3 is 58.4 Å². The van der Waals surface area contributed by atoms with Gasteiger partial charge in [-0.2, -0.15) is 0 Å². The summed E-state index contributed by atoms with van der Waals surface area (Å²) < 4.78 is 41.2. The number of halogens is 3. The summed E-state index contributed by atoms with van der Waals surface area (Å²) in [5.41, 5.74) is 0. The van der Waals surface area contributed by atoms with Crippen molar-refractivity contribution in [3.63, 3.8) is 0 Å². The van der Waals surface area contributed by atoms with E-state index in [0.717, 1.165) is 6.42 Å². The van der Waals surface area contributed by atoms with E-state index in [4.69, 9.17) is 4.74 Å². The summed E-state index contributed by atoms with van der Waals surface area (Å²) in [6, 6.07) is 0.0264. The second-order valence-corrected chi connectivity index (χ2v) is 3.51. The normalized spacial score (nSPS) is 33.5. The van der Waals surface area contributed by atoms with E-state index in [1.54, 1.807) is 0 Å². The van der Waals surface area contributed by atoms with Gasteiger partial charge in [-0.1, -0.05) is 0 Å². The Labute approximate surface area is 118 Å². The summed E-state index contributed by atoms with van der Waals surface area (Å²) in [5, 5.41) is 0. The van der Waals surface area contributed by atoms with Crippen LogP contribution in [0.4, 0.5) is 12.9 Å². The van der Waals surface area contributed by atoms with Crippen LogP contribution in [0.3, 0.4) is 0 Å². The van der Waals surface area contributed by atoms with E-state index >= 15 is 0 Å². The minimum atomic E-state index is -4.66. The average molecular weight is 219 g/mol. The second-order valence-electron chi connectivity index (χ2n) is 3.51. The Hall–Kier alpha value is 1.41. The Kier molecular flexibility index (Phi) is 4.33. The molecule has 0 saturated carbocycles. The van der Waals surface area contributed by atoms with Crippen molar-refractivity contribution in [3.8, 4) is 0 Å². The molecule has 2 bridgehead atoms. The molecule has 2 saturated heterocycles. The maximum absolute atomic E-state index is 12.0. The smallest absolute Gasteiger partial charge is 0.448 e. The van der Waals surface area contributed by atoms with Crippen molar-refractivity contribution in [1.29, 1.82) is 0 Å². The largest absolute Gasteiger partial charge is 1.00 e. The van der Waals surface area contributed by atoms with E-state index in [0.29, 0.717) is 13.2 Å². The van der Waals surface area contributed by atoms with Crippen LogP contribution in [-0.4, -0.2) is 43.6 Å². The maximum Gasteiger partial charge on any atom is 1.00 e. The standard InChI is InChI=1S/C6H10BF3NO.K/c8-7(9,10)4-11-2-6-1-5(11)3-12-6;/h5-6H,1-4H2;/q-1;+1. The molecule has 0 radical (unpaired) electrons. The van der Waals surface area contributed by atoms with Gasteiger partial charge < -0.3 is 22.6 Å². The van der Waals surface area contributed by atoms with Gasteiger partial charge in [0.05, 0.1) is 12.7 Å². The molecule has 2 fully saturated rings. The van der Waals surface area contributed by atoms with Crippen LogP contribution < -0.4 is 51.4 Å². The predicted molar refractivity (Wildman–Crippen MR) is 38.8 cm³/mol. The van der Waals surface area contributed by atoms with Crippen LogP contribution in [0, 0.1) is 0 Å². The zero-order chi connectivity index (χ0) is 8.77. The predicted octanol–water partition coefficient (Wildman–Crippen LogP) is -2.15. The molecule has 2 unspecified atom stereocenters. The summed E-state index contributed by atoms with van der Waals surface area (Å²) in [4.78, 5) is 1.49. The Morgan fingerprint density at radius 2 is 2.08 bits per heavy atom. The Morgan fingerprint density at radius 3 is 2.46 bits per heavy atom. The van der Waals surface area contributed by atoms with Gasteiger partial charge in [0.15, 0.2) is 0 Å². The van der Waals surface area contributed by atoms with Crippen molar-refractivity contribution in [1.82, 2.24) is 4.90 Å². The van der Waals surface area contributed by atoms with Crippen LogP contribution in [0.25, 0.3) is 0 Å². The first kappa shape index (κ1) is 12.5. The van der Waals surface area contributed by atoms with E-state index in [1.807, 2.05) is 0 Å². The molecule has 0 aromatic heterocycles. The molecule has 0 aliphatic carbocycles. The molecule has 0 aromatic rings. The van der Waals surface area contributed by atoms with Crippen LogP contribution in [0.15, 0.2) is 0 Å². The van der Waals surface area contributed by atoms with Crippen molar-refractivity contribution in [2.24, 2.45) is 0 Å². The number of likely N-dealkylation sites (tertiary alicyclic amines) is 1. The number of fused-ring (bicyclic) bond motifs is 2. The van der Waals surface area contributed by atoms with E-state index < -0.39 is 13.4 Å². The van der Waals surface area contributed by atoms with Gasteiger partial charge in [-0.25, -0.2) is 0 Å². The van der Waals surface area contributed by atoms with Gasteiger partial charge in [-0.05, 0) is 12.9 Å². The monoisotopic (exact) mass is 219 g/mol. The minimum Gasteiger partial charge on any atom is -0.448 e. The molecule has 2 heterocycles. The van der Waals surface area contributed by atoms with Gasteiger partial charge in [0.25, 0.3) is 0 Å². The van der Waals surface area contributed by atoms with Crippen molar-refractivity contribution < 1.29 is 69.1 Å². The third-order valence-electron chi connectivity index (χ3n) is 2.46.